The van der Waals surface area contributed by atoms with Crippen LogP contribution >= 0.6 is 0 Å². The van der Waals surface area contributed by atoms with Gasteiger partial charge in [-0.25, -0.2) is 0 Å². The van der Waals surface area contributed by atoms with Crippen LogP contribution in [0.1, 0.15) is 56.6 Å². The predicted molar refractivity (Wildman–Crippen MR) is 81.0 cm³/mol. The second kappa shape index (κ2) is 6.95. The fourth-order valence-electron chi connectivity index (χ4n) is 2.87. The van der Waals surface area contributed by atoms with Crippen molar-refractivity contribution in [3.63, 3.8) is 0 Å². The third-order valence-electron chi connectivity index (χ3n) is 4.16. The number of rotatable bonds is 6. The van der Waals surface area contributed by atoms with E-state index in [4.69, 9.17) is 4.74 Å². The van der Waals surface area contributed by atoms with E-state index in [9.17, 15) is 0 Å². The van der Waals surface area contributed by atoms with E-state index < -0.39 is 0 Å². The molecule has 2 rings (SSSR count). The van der Waals surface area contributed by atoms with Crippen molar-refractivity contribution in [2.24, 2.45) is 0 Å². The van der Waals surface area contributed by atoms with Crippen LogP contribution in [0.3, 0.4) is 0 Å². The lowest BCUT2D eigenvalue weighted by Crippen LogP contribution is -2.28. The Hall–Kier alpha value is -1.02. The van der Waals surface area contributed by atoms with Gasteiger partial charge in [0.25, 0.3) is 0 Å². The Balaban J connectivity index is 1.91. The van der Waals surface area contributed by atoms with E-state index in [2.05, 4.69) is 37.4 Å². The van der Waals surface area contributed by atoms with Gasteiger partial charge in [-0.15, -0.1) is 0 Å². The minimum Gasteiger partial charge on any atom is -0.496 e. The van der Waals surface area contributed by atoms with Gasteiger partial charge in [-0.05, 0) is 48.9 Å². The van der Waals surface area contributed by atoms with Gasteiger partial charge in [-0.2, -0.15) is 0 Å². The van der Waals surface area contributed by atoms with Gasteiger partial charge in [0, 0.05) is 6.04 Å². The molecule has 0 radical (unpaired) electrons. The highest BCUT2D eigenvalue weighted by Gasteiger charge is 2.14. The Morgan fingerprint density at radius 2 is 2.00 bits per heavy atom. The van der Waals surface area contributed by atoms with Crippen molar-refractivity contribution >= 4 is 0 Å². The lowest BCUT2D eigenvalue weighted by Gasteiger charge is -2.15. The monoisotopic (exact) mass is 261 g/mol. The van der Waals surface area contributed by atoms with Gasteiger partial charge in [0.15, 0.2) is 0 Å². The van der Waals surface area contributed by atoms with E-state index in [-0.39, 0.29) is 0 Å². The third kappa shape index (κ3) is 3.97. The normalized spacial score (nSPS) is 16.2. The lowest BCUT2D eigenvalue weighted by molar-refractivity contribution is 0.407. The summed E-state index contributed by atoms with van der Waals surface area (Å²) in [5.74, 6) is 1.60. The molecule has 0 spiro atoms. The maximum atomic E-state index is 5.53. The number of hydrogen-bond donors (Lipinski definition) is 1. The Morgan fingerprint density at radius 3 is 2.63 bits per heavy atom. The number of benzene rings is 1. The number of ether oxygens (including phenoxy) is 1. The van der Waals surface area contributed by atoms with E-state index in [1.54, 1.807) is 7.11 Å². The van der Waals surface area contributed by atoms with Gasteiger partial charge in [-0.3, -0.25) is 0 Å². The Morgan fingerprint density at radius 1 is 1.26 bits per heavy atom. The standard InChI is InChI=1S/C17H27NO/c1-13(2)15-9-8-14(17(12-15)19-3)10-11-18-16-6-4-5-7-16/h8-9,12-13,16,18H,4-7,10-11H2,1-3H3. The number of nitrogens with one attached hydrogen (secondary N) is 1. The van der Waals surface area contributed by atoms with Crippen LogP contribution < -0.4 is 10.1 Å². The first-order chi connectivity index (χ1) is 9.20. The van der Waals surface area contributed by atoms with Crippen molar-refractivity contribution in [3.8, 4) is 5.75 Å². The van der Waals surface area contributed by atoms with Crippen LogP contribution in [0.5, 0.6) is 5.75 Å². The van der Waals surface area contributed by atoms with E-state index in [1.165, 1.54) is 36.8 Å². The Kier molecular flexibility index (Phi) is 5.26. The van der Waals surface area contributed by atoms with Crippen molar-refractivity contribution in [3.05, 3.63) is 29.3 Å². The summed E-state index contributed by atoms with van der Waals surface area (Å²) in [4.78, 5) is 0. The van der Waals surface area contributed by atoms with Gasteiger partial charge in [0.05, 0.1) is 7.11 Å². The second-order valence-corrected chi connectivity index (χ2v) is 5.91. The molecule has 0 atom stereocenters. The fourth-order valence-corrected chi connectivity index (χ4v) is 2.87. The zero-order valence-corrected chi connectivity index (χ0v) is 12.5. The molecule has 1 aliphatic rings. The molecule has 0 aliphatic heterocycles. The van der Waals surface area contributed by atoms with Crippen LogP contribution in [-0.4, -0.2) is 19.7 Å². The van der Waals surface area contributed by atoms with Crippen LogP contribution in [-0.2, 0) is 6.42 Å². The molecule has 2 heteroatoms. The van der Waals surface area contributed by atoms with Gasteiger partial charge >= 0.3 is 0 Å². The summed E-state index contributed by atoms with van der Waals surface area (Å²) in [5, 5.41) is 3.66. The van der Waals surface area contributed by atoms with Gasteiger partial charge in [0.2, 0.25) is 0 Å². The molecule has 1 aromatic rings. The van der Waals surface area contributed by atoms with E-state index >= 15 is 0 Å². The predicted octanol–water partition coefficient (Wildman–Crippen LogP) is 3.89. The quantitative estimate of drug-likeness (QED) is 0.838. The van der Waals surface area contributed by atoms with Crippen molar-refractivity contribution in [1.82, 2.24) is 5.32 Å². The molecule has 1 fully saturated rings. The summed E-state index contributed by atoms with van der Waals surface area (Å²) >= 11 is 0. The maximum absolute atomic E-state index is 5.53. The average Bonchev–Trinajstić information content (AvgIpc) is 2.92. The maximum Gasteiger partial charge on any atom is 0.122 e. The summed E-state index contributed by atoms with van der Waals surface area (Å²) in [7, 11) is 1.77. The highest BCUT2D eigenvalue weighted by atomic mass is 16.5. The zero-order chi connectivity index (χ0) is 13.7. The Bertz CT molecular complexity index is 394. The summed E-state index contributed by atoms with van der Waals surface area (Å²) in [6.07, 6.45) is 6.54. The number of methoxy groups -OCH3 is 1. The summed E-state index contributed by atoms with van der Waals surface area (Å²) in [6.45, 7) is 5.49. The second-order valence-electron chi connectivity index (χ2n) is 5.91. The SMILES string of the molecule is COc1cc(C(C)C)ccc1CCNC1CCCC1. The molecular formula is C17H27NO. The molecule has 0 saturated heterocycles. The van der Waals surface area contributed by atoms with E-state index in [0.29, 0.717) is 5.92 Å². The van der Waals surface area contributed by atoms with E-state index in [0.717, 1.165) is 24.8 Å². The van der Waals surface area contributed by atoms with Crippen LogP contribution in [0.4, 0.5) is 0 Å². The van der Waals surface area contributed by atoms with Crippen molar-refractivity contribution in [2.75, 3.05) is 13.7 Å². The first-order valence-electron chi connectivity index (χ1n) is 7.61. The zero-order valence-electron chi connectivity index (χ0n) is 12.5. The molecule has 0 amide bonds. The first-order valence-corrected chi connectivity index (χ1v) is 7.61. The molecule has 19 heavy (non-hydrogen) atoms. The molecule has 0 heterocycles. The smallest absolute Gasteiger partial charge is 0.122 e. The third-order valence-corrected chi connectivity index (χ3v) is 4.16. The largest absolute Gasteiger partial charge is 0.496 e. The molecule has 1 N–H and O–H groups in total. The molecule has 106 valence electrons. The molecule has 1 aliphatic carbocycles. The molecule has 0 unspecified atom stereocenters. The summed E-state index contributed by atoms with van der Waals surface area (Å²) in [5.41, 5.74) is 2.67. The minimum absolute atomic E-state index is 0.555. The summed E-state index contributed by atoms with van der Waals surface area (Å²) < 4.78 is 5.53. The van der Waals surface area contributed by atoms with Crippen molar-refractivity contribution in [1.29, 1.82) is 0 Å². The van der Waals surface area contributed by atoms with Crippen molar-refractivity contribution < 1.29 is 4.74 Å². The summed E-state index contributed by atoms with van der Waals surface area (Å²) in [6, 6.07) is 7.40. The highest BCUT2D eigenvalue weighted by Crippen LogP contribution is 2.25. The van der Waals surface area contributed by atoms with Crippen LogP contribution in [0, 0.1) is 0 Å². The molecule has 2 nitrogen and oxygen atoms in total. The lowest BCUT2D eigenvalue weighted by atomic mass is 10.00. The van der Waals surface area contributed by atoms with Crippen LogP contribution in [0.15, 0.2) is 18.2 Å². The Labute approximate surface area is 117 Å². The first kappa shape index (κ1) is 14.4. The minimum atomic E-state index is 0.555. The van der Waals surface area contributed by atoms with Crippen LogP contribution in [0.2, 0.25) is 0 Å². The molecule has 1 aromatic carbocycles. The molecule has 1 saturated carbocycles. The molecular weight excluding hydrogens is 234 g/mol. The number of hydrogen-bond acceptors (Lipinski definition) is 2. The topological polar surface area (TPSA) is 21.3 Å². The van der Waals surface area contributed by atoms with Gasteiger partial charge in [-0.1, -0.05) is 38.8 Å². The molecule has 0 bridgehead atoms. The fraction of sp³-hybridized carbons (Fsp3) is 0.647. The average molecular weight is 261 g/mol. The van der Waals surface area contributed by atoms with E-state index in [1.807, 2.05) is 0 Å². The molecule has 0 aromatic heterocycles. The van der Waals surface area contributed by atoms with Crippen LogP contribution in [0.25, 0.3) is 0 Å². The van der Waals surface area contributed by atoms with Gasteiger partial charge < -0.3 is 10.1 Å². The van der Waals surface area contributed by atoms with Gasteiger partial charge in [0.1, 0.15) is 5.75 Å². The highest BCUT2D eigenvalue weighted by molar-refractivity contribution is 5.38. The van der Waals surface area contributed by atoms with Crippen molar-refractivity contribution in [2.45, 2.75) is 57.9 Å².